The lowest BCUT2D eigenvalue weighted by molar-refractivity contribution is -0.275. The summed E-state index contributed by atoms with van der Waals surface area (Å²) in [5, 5.41) is 6.92. The number of nitrogens with zero attached hydrogens (tertiary/aromatic N) is 1. The molecule has 5 nitrogen and oxygen atoms in total. The van der Waals surface area contributed by atoms with Crippen molar-refractivity contribution in [1.82, 2.24) is 10.8 Å². The zero-order valence-corrected chi connectivity index (χ0v) is 18.7. The Morgan fingerprint density at radius 3 is 2.47 bits per heavy atom. The number of rotatable bonds is 7. The first-order valence-corrected chi connectivity index (χ1v) is 10.1. The highest BCUT2D eigenvalue weighted by atomic mass is 35.5. The molecule has 0 fully saturated rings. The Balaban J connectivity index is 1.87. The maximum Gasteiger partial charge on any atom is 0.435 e. The van der Waals surface area contributed by atoms with E-state index in [-0.39, 0.29) is 21.3 Å². The Morgan fingerprint density at radius 1 is 1.19 bits per heavy atom. The van der Waals surface area contributed by atoms with Crippen LogP contribution in [0.3, 0.4) is 0 Å². The number of hydrogen-bond acceptors (Lipinski definition) is 5. The summed E-state index contributed by atoms with van der Waals surface area (Å²) in [6.07, 6.45) is -2.13. The van der Waals surface area contributed by atoms with Gasteiger partial charge in [-0.2, -0.15) is 13.2 Å². The molecule has 0 saturated heterocycles. The lowest BCUT2D eigenvalue weighted by atomic mass is 9.86. The highest BCUT2D eigenvalue weighted by molar-refractivity contribution is 6.34. The molecule has 10 heteroatoms. The van der Waals surface area contributed by atoms with Gasteiger partial charge in [-0.3, -0.25) is 10.3 Å². The minimum atomic E-state index is -4.75. The molecule has 0 amide bonds. The van der Waals surface area contributed by atoms with E-state index in [0.29, 0.717) is 11.3 Å². The van der Waals surface area contributed by atoms with Crippen molar-refractivity contribution in [1.29, 1.82) is 0 Å². The van der Waals surface area contributed by atoms with Gasteiger partial charge in [0.1, 0.15) is 0 Å². The number of hydrogen-bond donors (Lipinski definition) is 2. The van der Waals surface area contributed by atoms with E-state index in [2.05, 4.69) is 27.4 Å². The number of alkyl halides is 3. The smallest absolute Gasteiger partial charge is 0.374 e. The fourth-order valence-electron chi connectivity index (χ4n) is 3.35. The Hall–Kier alpha value is -2.68. The van der Waals surface area contributed by atoms with E-state index < -0.39 is 18.2 Å². The first kappa shape index (κ1) is 24.0. The third-order valence-corrected chi connectivity index (χ3v) is 5.36. The Labute approximate surface area is 193 Å². The lowest BCUT2D eigenvalue weighted by Crippen LogP contribution is -2.42. The molecule has 3 rings (SSSR count). The van der Waals surface area contributed by atoms with Crippen LogP contribution in [0.1, 0.15) is 28.7 Å². The second-order valence-electron chi connectivity index (χ2n) is 7.10. The number of hydroxylamine groups is 1. The van der Waals surface area contributed by atoms with Crippen molar-refractivity contribution in [3.63, 3.8) is 0 Å². The molecule has 0 unspecified atom stereocenters. The second kappa shape index (κ2) is 9.44. The summed E-state index contributed by atoms with van der Waals surface area (Å²) in [6.45, 7) is 5.79. The number of benzene rings is 2. The van der Waals surface area contributed by atoms with Gasteiger partial charge in [-0.25, -0.2) is 0 Å². The van der Waals surface area contributed by atoms with E-state index in [4.69, 9.17) is 28.0 Å². The van der Waals surface area contributed by atoms with Gasteiger partial charge in [0.15, 0.2) is 0 Å². The summed E-state index contributed by atoms with van der Waals surface area (Å²) in [5.74, 6) is 0. The van der Waals surface area contributed by atoms with Gasteiger partial charge in [0, 0.05) is 45.7 Å². The molecular formula is C22H20Cl2F3N3O2. The van der Waals surface area contributed by atoms with Crippen molar-refractivity contribution in [3.05, 3.63) is 87.7 Å². The van der Waals surface area contributed by atoms with Crippen LogP contribution in [-0.2, 0) is 15.3 Å². The minimum absolute atomic E-state index is 0.0779. The molecule has 0 saturated carbocycles. The first-order chi connectivity index (χ1) is 15.1. The SMILES string of the molecule is C=C(N/C=C/NOC)c1ccc(C2=NO[C@@](c3cc(Cl)cc(Cl)c3)(C(F)(F)F)C2)cc1C. The summed E-state index contributed by atoms with van der Waals surface area (Å²) in [5.41, 5.74) is 2.52. The standard InChI is InChI=1S/C22H20Cl2F3N3O2/c1-13-8-15(4-5-19(13)14(2)28-6-7-29-31-3)20-12-21(32-30-20,22(25,26)27)16-9-17(23)11-18(24)10-16/h4-11,28-29H,2,12H2,1,3H3/b7-6+/t21-/m0/s1. The summed E-state index contributed by atoms with van der Waals surface area (Å²) in [6, 6.07) is 8.90. The highest BCUT2D eigenvalue weighted by Crippen LogP contribution is 2.49. The Morgan fingerprint density at radius 2 is 1.88 bits per heavy atom. The van der Waals surface area contributed by atoms with Crippen molar-refractivity contribution in [2.75, 3.05) is 7.11 Å². The van der Waals surface area contributed by atoms with Crippen molar-refractivity contribution >= 4 is 34.6 Å². The van der Waals surface area contributed by atoms with Crippen LogP contribution < -0.4 is 10.8 Å². The molecule has 0 spiro atoms. The molecule has 170 valence electrons. The number of oxime groups is 1. The van der Waals surface area contributed by atoms with Gasteiger partial charge < -0.3 is 10.2 Å². The largest absolute Gasteiger partial charge is 0.435 e. The highest BCUT2D eigenvalue weighted by Gasteiger charge is 2.62. The molecule has 0 bridgehead atoms. The van der Waals surface area contributed by atoms with Crippen molar-refractivity contribution in [2.24, 2.45) is 5.16 Å². The molecule has 0 aliphatic carbocycles. The summed E-state index contributed by atoms with van der Waals surface area (Å²) >= 11 is 11.9. The average molecular weight is 486 g/mol. The third kappa shape index (κ3) is 4.87. The van der Waals surface area contributed by atoms with E-state index >= 15 is 0 Å². The van der Waals surface area contributed by atoms with Crippen LogP contribution in [0.4, 0.5) is 13.2 Å². The molecule has 1 atom stereocenters. The van der Waals surface area contributed by atoms with Gasteiger partial charge >= 0.3 is 6.18 Å². The normalized spacial score (nSPS) is 18.4. The van der Waals surface area contributed by atoms with Crippen LogP contribution in [0.2, 0.25) is 10.0 Å². The van der Waals surface area contributed by atoms with E-state index in [1.54, 1.807) is 24.4 Å². The van der Waals surface area contributed by atoms with E-state index in [9.17, 15) is 13.2 Å². The molecule has 0 radical (unpaired) electrons. The fourth-order valence-corrected chi connectivity index (χ4v) is 3.88. The van der Waals surface area contributed by atoms with E-state index in [1.807, 2.05) is 6.92 Å². The van der Waals surface area contributed by atoms with Gasteiger partial charge in [-0.1, -0.05) is 47.1 Å². The average Bonchev–Trinajstić information content (AvgIpc) is 3.17. The molecule has 1 heterocycles. The Bertz CT molecular complexity index is 1070. The minimum Gasteiger partial charge on any atom is -0.374 e. The molecule has 0 aromatic heterocycles. The predicted octanol–water partition coefficient (Wildman–Crippen LogP) is 6.07. The zero-order valence-electron chi connectivity index (χ0n) is 17.2. The summed E-state index contributed by atoms with van der Waals surface area (Å²) in [4.78, 5) is 9.73. The topological polar surface area (TPSA) is 54.9 Å². The number of nitrogens with one attached hydrogen (secondary N) is 2. The zero-order chi connectivity index (χ0) is 23.5. The van der Waals surface area contributed by atoms with Crippen LogP contribution in [0.15, 0.2) is 60.5 Å². The van der Waals surface area contributed by atoms with Gasteiger partial charge in [0.2, 0.25) is 0 Å². The fraction of sp³-hybridized carbons (Fsp3) is 0.227. The van der Waals surface area contributed by atoms with Crippen LogP contribution in [-0.4, -0.2) is 19.0 Å². The monoisotopic (exact) mass is 485 g/mol. The molecule has 1 aliphatic heterocycles. The van der Waals surface area contributed by atoms with Crippen LogP contribution in [0, 0.1) is 6.92 Å². The third-order valence-electron chi connectivity index (χ3n) is 4.93. The van der Waals surface area contributed by atoms with Gasteiger partial charge in [-0.05, 0) is 42.3 Å². The van der Waals surface area contributed by atoms with Crippen LogP contribution >= 0.6 is 23.2 Å². The predicted molar refractivity (Wildman–Crippen MR) is 119 cm³/mol. The maximum absolute atomic E-state index is 14.2. The number of aryl methyl sites for hydroxylation is 1. The van der Waals surface area contributed by atoms with Crippen molar-refractivity contribution in [3.8, 4) is 0 Å². The van der Waals surface area contributed by atoms with Crippen molar-refractivity contribution < 1.29 is 22.8 Å². The van der Waals surface area contributed by atoms with Crippen molar-refractivity contribution in [2.45, 2.75) is 25.1 Å². The molecular weight excluding hydrogens is 466 g/mol. The van der Waals surface area contributed by atoms with E-state index in [0.717, 1.165) is 11.1 Å². The number of halogens is 5. The molecule has 32 heavy (non-hydrogen) atoms. The van der Waals surface area contributed by atoms with Crippen LogP contribution in [0.25, 0.3) is 5.70 Å². The summed E-state index contributed by atoms with van der Waals surface area (Å²) in [7, 11) is 1.48. The second-order valence-corrected chi connectivity index (χ2v) is 7.97. The lowest BCUT2D eigenvalue weighted by Gasteiger charge is -2.29. The molecule has 2 aromatic rings. The quantitative estimate of drug-likeness (QED) is 0.467. The van der Waals surface area contributed by atoms with Gasteiger partial charge in [-0.15, -0.1) is 0 Å². The first-order valence-electron chi connectivity index (χ1n) is 9.36. The molecule has 2 aromatic carbocycles. The van der Waals surface area contributed by atoms with Gasteiger partial charge in [0.25, 0.3) is 5.60 Å². The summed E-state index contributed by atoms with van der Waals surface area (Å²) < 4.78 is 42.5. The maximum atomic E-state index is 14.2. The Kier molecular flexibility index (Phi) is 7.07. The van der Waals surface area contributed by atoms with E-state index in [1.165, 1.54) is 31.5 Å². The molecule has 1 aliphatic rings. The van der Waals surface area contributed by atoms with Gasteiger partial charge in [0.05, 0.1) is 12.8 Å². The molecule has 2 N–H and O–H groups in total. The van der Waals surface area contributed by atoms with Crippen LogP contribution in [0.5, 0.6) is 0 Å².